The minimum absolute atomic E-state index is 0.110. The molecule has 41 heavy (non-hydrogen) atoms. The molecule has 0 radical (unpaired) electrons. The number of carbonyl (C=O) groups is 2. The molecule has 0 saturated carbocycles. The molecule has 0 aromatic heterocycles. The zero-order valence-corrected chi connectivity index (χ0v) is 23.2. The highest BCUT2D eigenvalue weighted by molar-refractivity contribution is 6.07. The van der Waals surface area contributed by atoms with E-state index in [1.165, 1.54) is 0 Å². The normalized spacial score (nSPS) is 16.2. The van der Waals surface area contributed by atoms with E-state index in [-0.39, 0.29) is 18.1 Å². The van der Waals surface area contributed by atoms with Crippen molar-refractivity contribution in [1.29, 1.82) is 0 Å². The standard InChI is InChI=1S/C34H32N4O3/c1-25-24-35(33(39)37(27-14-5-3-6-15-27)28-16-7-4-8-17-28)21-22-36(25)34(40)38-30-19-11-9-13-26(30)23-32(41-2)29-18-10-12-20-31(29)38/h3-20,23,25H,21-22,24H2,1-2H3/t25-/m1/s1. The molecule has 0 spiro atoms. The fourth-order valence-electron chi connectivity index (χ4n) is 5.62. The Hall–Kier alpha value is -5.04. The molecule has 7 nitrogen and oxygen atoms in total. The second-order valence-electron chi connectivity index (χ2n) is 10.2. The van der Waals surface area contributed by atoms with Crippen LogP contribution in [0.1, 0.15) is 18.1 Å². The molecule has 6 rings (SSSR count). The summed E-state index contributed by atoms with van der Waals surface area (Å²) in [6.45, 7) is 3.25. The van der Waals surface area contributed by atoms with Gasteiger partial charge in [0, 0.05) is 36.8 Å². The van der Waals surface area contributed by atoms with Gasteiger partial charge in [0.2, 0.25) is 0 Å². The van der Waals surface area contributed by atoms with Crippen LogP contribution in [0.3, 0.4) is 0 Å². The molecular formula is C34H32N4O3. The van der Waals surface area contributed by atoms with E-state index in [0.717, 1.165) is 33.9 Å². The van der Waals surface area contributed by atoms with Crippen LogP contribution in [0.4, 0.5) is 32.3 Å². The highest BCUT2D eigenvalue weighted by Gasteiger charge is 2.37. The van der Waals surface area contributed by atoms with E-state index in [9.17, 15) is 9.59 Å². The van der Waals surface area contributed by atoms with Crippen LogP contribution in [0.15, 0.2) is 109 Å². The maximum absolute atomic E-state index is 14.4. The quantitative estimate of drug-likeness (QED) is 0.271. The van der Waals surface area contributed by atoms with Gasteiger partial charge in [-0.25, -0.2) is 9.59 Å². The maximum Gasteiger partial charge on any atom is 0.329 e. The van der Waals surface area contributed by atoms with Gasteiger partial charge in [0.1, 0.15) is 5.76 Å². The highest BCUT2D eigenvalue weighted by atomic mass is 16.5. The van der Waals surface area contributed by atoms with Gasteiger partial charge in [-0.2, -0.15) is 0 Å². The summed E-state index contributed by atoms with van der Waals surface area (Å²) in [6.07, 6.45) is 1.98. The number of ether oxygens (including phenoxy) is 1. The van der Waals surface area contributed by atoms with Gasteiger partial charge in [-0.05, 0) is 55.5 Å². The molecule has 0 aliphatic carbocycles. The van der Waals surface area contributed by atoms with Crippen molar-refractivity contribution in [2.45, 2.75) is 13.0 Å². The number of anilines is 4. The molecule has 4 amide bonds. The number of hydrogen-bond donors (Lipinski definition) is 0. The average molecular weight is 545 g/mol. The van der Waals surface area contributed by atoms with E-state index < -0.39 is 0 Å². The molecule has 4 aromatic carbocycles. The molecular weight excluding hydrogens is 512 g/mol. The van der Waals surface area contributed by atoms with Crippen molar-refractivity contribution in [3.8, 4) is 0 Å². The summed E-state index contributed by atoms with van der Waals surface area (Å²) in [5.41, 5.74) is 4.91. The number of piperazine rings is 1. The average Bonchev–Trinajstić information content (AvgIpc) is 3.16. The Morgan fingerprint density at radius 1 is 0.756 bits per heavy atom. The zero-order valence-electron chi connectivity index (χ0n) is 23.2. The summed E-state index contributed by atoms with van der Waals surface area (Å²) in [6, 6.07) is 34.5. The van der Waals surface area contributed by atoms with Crippen molar-refractivity contribution < 1.29 is 14.3 Å². The molecule has 0 bridgehead atoms. The van der Waals surface area contributed by atoms with Crippen LogP contribution in [0.25, 0.3) is 11.8 Å². The first-order valence-electron chi connectivity index (χ1n) is 13.8. The van der Waals surface area contributed by atoms with Gasteiger partial charge in [-0.1, -0.05) is 66.7 Å². The Morgan fingerprint density at radius 2 is 1.34 bits per heavy atom. The number of urea groups is 2. The van der Waals surface area contributed by atoms with Gasteiger partial charge in [-0.15, -0.1) is 0 Å². The summed E-state index contributed by atoms with van der Waals surface area (Å²) in [5, 5.41) is 0. The molecule has 1 fully saturated rings. The Balaban J connectivity index is 1.29. The van der Waals surface area contributed by atoms with Crippen molar-refractivity contribution in [3.05, 3.63) is 120 Å². The summed E-state index contributed by atoms with van der Waals surface area (Å²) < 4.78 is 5.75. The van der Waals surface area contributed by atoms with Gasteiger partial charge in [0.25, 0.3) is 0 Å². The fraction of sp³-hybridized carbons (Fsp3) is 0.176. The van der Waals surface area contributed by atoms with Crippen molar-refractivity contribution in [2.75, 3.05) is 36.5 Å². The second kappa shape index (κ2) is 11.2. The van der Waals surface area contributed by atoms with E-state index in [1.807, 2.05) is 132 Å². The summed E-state index contributed by atoms with van der Waals surface area (Å²) in [5.74, 6) is 0.703. The van der Waals surface area contributed by atoms with Crippen molar-refractivity contribution in [3.63, 3.8) is 0 Å². The number of benzene rings is 4. The third-order valence-electron chi connectivity index (χ3n) is 7.65. The number of methoxy groups -OCH3 is 1. The number of amides is 4. The Kier molecular flexibility index (Phi) is 7.17. The van der Waals surface area contributed by atoms with Crippen molar-refractivity contribution in [1.82, 2.24) is 9.80 Å². The lowest BCUT2D eigenvalue weighted by Gasteiger charge is -2.43. The van der Waals surface area contributed by atoms with Crippen LogP contribution in [0, 0.1) is 0 Å². The molecule has 0 unspecified atom stereocenters. The first-order valence-corrected chi connectivity index (χ1v) is 13.8. The van der Waals surface area contributed by atoms with Gasteiger partial charge < -0.3 is 14.5 Å². The molecule has 7 heteroatoms. The van der Waals surface area contributed by atoms with Gasteiger partial charge in [-0.3, -0.25) is 9.80 Å². The Labute approximate surface area is 240 Å². The SMILES string of the molecule is COC1=Cc2ccccc2N(C(=O)N2CCN(C(=O)N(c3ccccc3)c3ccccc3)C[C@H]2C)c2ccccc21. The van der Waals surface area contributed by atoms with Gasteiger partial charge >= 0.3 is 12.1 Å². The van der Waals surface area contributed by atoms with Crippen molar-refractivity contribution >= 4 is 46.6 Å². The van der Waals surface area contributed by atoms with E-state index in [2.05, 4.69) is 0 Å². The largest absolute Gasteiger partial charge is 0.496 e. The number of fused-ring (bicyclic) bond motifs is 2. The molecule has 0 N–H and O–H groups in total. The molecule has 2 aliphatic heterocycles. The molecule has 2 heterocycles. The molecule has 2 aliphatic rings. The smallest absolute Gasteiger partial charge is 0.329 e. The van der Waals surface area contributed by atoms with E-state index in [1.54, 1.807) is 16.9 Å². The summed E-state index contributed by atoms with van der Waals surface area (Å²) in [4.78, 5) is 35.6. The monoisotopic (exact) mass is 544 g/mol. The highest BCUT2D eigenvalue weighted by Crippen LogP contribution is 2.41. The van der Waals surface area contributed by atoms with Crippen LogP contribution in [0.5, 0.6) is 0 Å². The second-order valence-corrected chi connectivity index (χ2v) is 10.2. The fourth-order valence-corrected chi connectivity index (χ4v) is 5.62. The molecule has 1 atom stereocenters. The van der Waals surface area contributed by atoms with Gasteiger partial charge in [0.05, 0.1) is 29.9 Å². The predicted octanol–water partition coefficient (Wildman–Crippen LogP) is 7.37. The maximum atomic E-state index is 14.4. The van der Waals surface area contributed by atoms with Gasteiger partial charge in [0.15, 0.2) is 0 Å². The molecule has 4 aromatic rings. The number of nitrogens with zero attached hydrogens (tertiary/aromatic N) is 4. The first kappa shape index (κ1) is 26.2. The number of para-hydroxylation sites is 4. The van der Waals surface area contributed by atoms with Crippen LogP contribution in [-0.4, -0.2) is 54.6 Å². The Bertz CT molecular complexity index is 1550. The van der Waals surface area contributed by atoms with Crippen LogP contribution < -0.4 is 9.80 Å². The first-order chi connectivity index (χ1) is 20.1. The lowest BCUT2D eigenvalue weighted by molar-refractivity contribution is 0.120. The minimum Gasteiger partial charge on any atom is -0.496 e. The lowest BCUT2D eigenvalue weighted by Crippen LogP contribution is -2.59. The van der Waals surface area contributed by atoms with E-state index in [0.29, 0.717) is 25.4 Å². The van der Waals surface area contributed by atoms with Crippen LogP contribution in [0.2, 0.25) is 0 Å². The summed E-state index contributed by atoms with van der Waals surface area (Å²) in [7, 11) is 1.65. The Morgan fingerprint density at radius 3 is 1.98 bits per heavy atom. The van der Waals surface area contributed by atoms with E-state index >= 15 is 0 Å². The minimum atomic E-state index is -0.203. The third kappa shape index (κ3) is 4.91. The lowest BCUT2D eigenvalue weighted by atomic mass is 10.1. The van der Waals surface area contributed by atoms with Crippen LogP contribution >= 0.6 is 0 Å². The number of carbonyl (C=O) groups excluding carboxylic acids is 2. The predicted molar refractivity (Wildman–Crippen MR) is 163 cm³/mol. The van der Waals surface area contributed by atoms with Crippen LogP contribution in [-0.2, 0) is 4.74 Å². The molecule has 1 saturated heterocycles. The molecule has 206 valence electrons. The van der Waals surface area contributed by atoms with Crippen molar-refractivity contribution in [2.24, 2.45) is 0 Å². The number of rotatable bonds is 3. The number of hydrogen-bond acceptors (Lipinski definition) is 3. The topological polar surface area (TPSA) is 56.3 Å². The summed E-state index contributed by atoms with van der Waals surface area (Å²) >= 11 is 0. The zero-order chi connectivity index (χ0) is 28.3. The van der Waals surface area contributed by atoms with E-state index in [4.69, 9.17) is 4.74 Å². The third-order valence-corrected chi connectivity index (χ3v) is 7.65.